The highest BCUT2D eigenvalue weighted by Gasteiger charge is 2.40. The molecule has 4 aromatic rings. The maximum Gasteiger partial charge on any atom is 0.453 e. The summed E-state index contributed by atoms with van der Waals surface area (Å²) in [6.07, 6.45) is 0.108. The van der Waals surface area contributed by atoms with Gasteiger partial charge >= 0.3 is 6.18 Å². The van der Waals surface area contributed by atoms with Crippen molar-refractivity contribution in [3.8, 4) is 17.2 Å². The topological polar surface area (TPSA) is 77.8 Å². The zero-order valence-corrected chi connectivity index (χ0v) is 19.8. The first-order valence-corrected chi connectivity index (χ1v) is 12.0. The summed E-state index contributed by atoms with van der Waals surface area (Å²) in [4.78, 5) is 25.3. The van der Waals surface area contributed by atoms with Crippen molar-refractivity contribution >= 4 is 27.6 Å². The molecule has 37 heavy (non-hydrogen) atoms. The molecule has 0 bridgehead atoms. The van der Waals surface area contributed by atoms with Crippen molar-refractivity contribution in [3.05, 3.63) is 76.6 Å². The van der Waals surface area contributed by atoms with E-state index in [-0.39, 0.29) is 41.0 Å². The van der Waals surface area contributed by atoms with Crippen LogP contribution in [-0.4, -0.2) is 18.6 Å². The van der Waals surface area contributed by atoms with E-state index in [1.54, 1.807) is 24.3 Å². The van der Waals surface area contributed by atoms with Crippen molar-refractivity contribution in [1.82, 2.24) is 5.32 Å². The Morgan fingerprint density at radius 1 is 0.946 bits per heavy atom. The molecular weight excluding hydrogens is 487 g/mol. The Labute approximate surface area is 210 Å². The highest BCUT2D eigenvalue weighted by Crippen LogP contribution is 2.39. The third-order valence-corrected chi connectivity index (χ3v) is 6.36. The first-order valence-electron chi connectivity index (χ1n) is 12.0. The van der Waals surface area contributed by atoms with Crippen LogP contribution in [0.1, 0.15) is 37.9 Å². The number of ether oxygens (including phenoxy) is 2. The number of nitrogens with one attached hydrogen (secondary N) is 1. The molecule has 1 aliphatic carbocycles. The third-order valence-electron chi connectivity index (χ3n) is 6.36. The van der Waals surface area contributed by atoms with Gasteiger partial charge in [0.2, 0.25) is 11.2 Å². The normalized spacial score (nSPS) is 14.6. The number of rotatable bonds is 6. The minimum atomic E-state index is -4.99. The molecule has 3 aromatic carbocycles. The molecule has 1 fully saturated rings. The van der Waals surface area contributed by atoms with Crippen molar-refractivity contribution in [1.29, 1.82) is 0 Å². The van der Waals surface area contributed by atoms with Crippen LogP contribution in [0.5, 0.6) is 17.2 Å². The smallest absolute Gasteiger partial charge is 0.453 e. The molecule has 0 atom stereocenters. The van der Waals surface area contributed by atoms with Gasteiger partial charge in [-0.1, -0.05) is 49.6 Å². The lowest BCUT2D eigenvalue weighted by Crippen LogP contribution is -2.38. The second-order valence-corrected chi connectivity index (χ2v) is 9.05. The quantitative estimate of drug-likeness (QED) is 0.316. The van der Waals surface area contributed by atoms with Crippen molar-refractivity contribution in [2.75, 3.05) is 6.61 Å². The van der Waals surface area contributed by atoms with Crippen LogP contribution in [-0.2, 0) is 11.0 Å². The molecule has 0 radical (unpaired) electrons. The molecule has 0 saturated heterocycles. The van der Waals surface area contributed by atoms with E-state index < -0.39 is 23.1 Å². The zero-order valence-electron chi connectivity index (χ0n) is 19.8. The van der Waals surface area contributed by atoms with E-state index in [2.05, 4.69) is 5.32 Å². The van der Waals surface area contributed by atoms with Gasteiger partial charge < -0.3 is 19.2 Å². The molecule has 6 nitrogen and oxygen atoms in total. The summed E-state index contributed by atoms with van der Waals surface area (Å²) in [5, 5.41) is 4.41. The highest BCUT2D eigenvalue weighted by molar-refractivity contribution is 5.84. The Balaban J connectivity index is 1.41. The fraction of sp³-hybridized carbons (Fsp3) is 0.286. The van der Waals surface area contributed by atoms with Crippen molar-refractivity contribution in [2.24, 2.45) is 0 Å². The van der Waals surface area contributed by atoms with Crippen LogP contribution in [0.3, 0.4) is 0 Å². The standard InChI is InChI=1S/C28H24F3NO5/c29-28(30,31)27-26(36-21-11-10-17-6-4-5-7-18(17)14-21)25(34)22-13-12-20(15-23(22)37-27)35-16-24(33)32-19-8-2-1-3-9-19/h4-7,10-15,19H,1-3,8-9,16H2,(H,32,33). The Hall–Kier alpha value is -4.01. The molecule has 192 valence electrons. The summed E-state index contributed by atoms with van der Waals surface area (Å²) in [7, 11) is 0. The zero-order chi connectivity index (χ0) is 26.0. The van der Waals surface area contributed by atoms with Crippen LogP contribution in [0.25, 0.3) is 21.7 Å². The first-order chi connectivity index (χ1) is 17.8. The Kier molecular flexibility index (Phi) is 6.78. The average molecular weight is 511 g/mol. The van der Waals surface area contributed by atoms with Gasteiger partial charge in [-0.3, -0.25) is 9.59 Å². The van der Waals surface area contributed by atoms with E-state index in [0.717, 1.165) is 42.9 Å². The van der Waals surface area contributed by atoms with E-state index in [4.69, 9.17) is 13.9 Å². The molecule has 9 heteroatoms. The fourth-order valence-electron chi connectivity index (χ4n) is 4.54. The number of amides is 1. The van der Waals surface area contributed by atoms with Gasteiger partial charge in [-0.2, -0.15) is 13.2 Å². The van der Waals surface area contributed by atoms with Crippen LogP contribution in [0.15, 0.2) is 69.9 Å². The van der Waals surface area contributed by atoms with Crippen LogP contribution in [0.2, 0.25) is 0 Å². The van der Waals surface area contributed by atoms with Gasteiger partial charge in [0.1, 0.15) is 17.1 Å². The Morgan fingerprint density at radius 3 is 2.43 bits per heavy atom. The summed E-state index contributed by atoms with van der Waals surface area (Å²) in [5.74, 6) is -2.64. The molecule has 1 saturated carbocycles. The summed E-state index contributed by atoms with van der Waals surface area (Å²) >= 11 is 0. The second-order valence-electron chi connectivity index (χ2n) is 9.05. The van der Waals surface area contributed by atoms with E-state index in [1.165, 1.54) is 24.3 Å². The van der Waals surface area contributed by atoms with Gasteiger partial charge in [0.15, 0.2) is 6.61 Å². The highest BCUT2D eigenvalue weighted by atomic mass is 19.4. The molecule has 0 aliphatic heterocycles. The van der Waals surface area contributed by atoms with Crippen LogP contribution < -0.4 is 20.2 Å². The average Bonchev–Trinajstić information content (AvgIpc) is 2.89. The minimum absolute atomic E-state index is 0.0692. The van der Waals surface area contributed by atoms with Crippen LogP contribution in [0.4, 0.5) is 13.2 Å². The molecule has 0 unspecified atom stereocenters. The van der Waals surface area contributed by atoms with E-state index in [0.29, 0.717) is 0 Å². The SMILES string of the molecule is O=C(COc1ccc2c(=O)c(Oc3ccc4ccccc4c3)c(C(F)(F)F)oc2c1)NC1CCCCC1. The maximum absolute atomic E-state index is 13.9. The Morgan fingerprint density at radius 2 is 1.68 bits per heavy atom. The second kappa shape index (κ2) is 10.2. The number of hydrogen-bond donors (Lipinski definition) is 1. The van der Waals surface area contributed by atoms with Gasteiger partial charge in [-0.15, -0.1) is 0 Å². The first kappa shape index (κ1) is 24.7. The largest absolute Gasteiger partial charge is 0.484 e. The molecule has 1 N–H and O–H groups in total. The van der Waals surface area contributed by atoms with Crippen molar-refractivity contribution in [3.63, 3.8) is 0 Å². The molecule has 0 spiro atoms. The summed E-state index contributed by atoms with van der Waals surface area (Å²) in [6, 6.07) is 16.0. The predicted molar refractivity (Wildman–Crippen MR) is 132 cm³/mol. The number of carbonyl (C=O) groups is 1. The molecule has 5 rings (SSSR count). The van der Waals surface area contributed by atoms with Crippen LogP contribution >= 0.6 is 0 Å². The van der Waals surface area contributed by atoms with Crippen molar-refractivity contribution < 1.29 is 31.9 Å². The number of alkyl halides is 3. The Bertz CT molecular complexity index is 1510. The maximum atomic E-state index is 13.9. The van der Waals surface area contributed by atoms with Gasteiger partial charge in [0.05, 0.1) is 5.39 Å². The van der Waals surface area contributed by atoms with Gasteiger partial charge in [-0.25, -0.2) is 0 Å². The summed E-state index contributed by atoms with van der Waals surface area (Å²) in [5.41, 5.74) is -1.29. The summed E-state index contributed by atoms with van der Waals surface area (Å²) in [6.45, 7) is -0.304. The van der Waals surface area contributed by atoms with Gasteiger partial charge in [0.25, 0.3) is 11.7 Å². The monoisotopic (exact) mass is 511 g/mol. The van der Waals surface area contributed by atoms with Crippen molar-refractivity contribution in [2.45, 2.75) is 44.3 Å². The minimum Gasteiger partial charge on any atom is -0.484 e. The molecule has 1 aromatic heterocycles. The molecular formula is C28H24F3NO5. The van der Waals surface area contributed by atoms with Gasteiger partial charge in [-0.05, 0) is 47.9 Å². The predicted octanol–water partition coefficient (Wildman–Crippen LogP) is 6.59. The lowest BCUT2D eigenvalue weighted by Gasteiger charge is -2.22. The molecule has 1 aliphatic rings. The number of fused-ring (bicyclic) bond motifs is 2. The third kappa shape index (κ3) is 5.55. The molecule has 1 amide bonds. The lowest BCUT2D eigenvalue weighted by atomic mass is 9.95. The fourth-order valence-corrected chi connectivity index (χ4v) is 4.54. The van der Waals surface area contributed by atoms with Crippen LogP contribution in [0, 0.1) is 0 Å². The lowest BCUT2D eigenvalue weighted by molar-refractivity contribution is -0.154. The van der Waals surface area contributed by atoms with E-state index >= 15 is 0 Å². The van der Waals surface area contributed by atoms with Gasteiger partial charge in [0, 0.05) is 12.1 Å². The number of benzene rings is 3. The summed E-state index contributed by atoms with van der Waals surface area (Å²) < 4.78 is 57.7. The molecule has 1 heterocycles. The van der Waals surface area contributed by atoms with E-state index in [1.807, 2.05) is 12.1 Å². The number of halogens is 3. The van der Waals surface area contributed by atoms with E-state index in [9.17, 15) is 22.8 Å². The number of carbonyl (C=O) groups excluding carboxylic acids is 1. The number of hydrogen-bond acceptors (Lipinski definition) is 5.